The largest absolute Gasteiger partial charge is 0.325 e. The van der Waals surface area contributed by atoms with E-state index in [1.165, 1.54) is 25.0 Å². The molecule has 1 aliphatic rings. The Hall–Kier alpha value is -1.58. The van der Waals surface area contributed by atoms with E-state index >= 15 is 0 Å². The van der Waals surface area contributed by atoms with Crippen molar-refractivity contribution in [2.24, 2.45) is 0 Å². The van der Waals surface area contributed by atoms with Gasteiger partial charge in [0.1, 0.15) is 5.82 Å². The van der Waals surface area contributed by atoms with Crippen LogP contribution < -0.4 is 0 Å². The van der Waals surface area contributed by atoms with Crippen LogP contribution in [0.1, 0.15) is 31.2 Å². The molecule has 0 N–H and O–H groups in total. The van der Waals surface area contributed by atoms with Crippen molar-refractivity contribution >= 4 is 6.03 Å². The van der Waals surface area contributed by atoms with Gasteiger partial charge in [-0.25, -0.2) is 9.18 Å². The number of halogens is 1. The summed E-state index contributed by atoms with van der Waals surface area (Å²) in [5.41, 5.74) is 0.825. The zero-order valence-corrected chi connectivity index (χ0v) is 11.4. The highest BCUT2D eigenvalue weighted by Crippen LogP contribution is 2.13. The maximum absolute atomic E-state index is 13.1. The molecule has 0 saturated carbocycles. The van der Waals surface area contributed by atoms with Gasteiger partial charge in [-0.2, -0.15) is 0 Å². The molecule has 1 fully saturated rings. The predicted molar refractivity (Wildman–Crippen MR) is 73.3 cm³/mol. The first-order valence-electron chi connectivity index (χ1n) is 6.91. The summed E-state index contributed by atoms with van der Waals surface area (Å²) in [5.74, 6) is -0.256. The summed E-state index contributed by atoms with van der Waals surface area (Å²) in [6, 6.07) is 6.46. The molecule has 0 radical (unpaired) electrons. The molecular weight excluding hydrogens is 243 g/mol. The highest BCUT2D eigenvalue weighted by atomic mass is 19.1. The number of carbonyl (C=O) groups excluding carboxylic acids is 1. The fraction of sp³-hybridized carbons (Fsp3) is 0.533. The van der Waals surface area contributed by atoms with Crippen LogP contribution in [0.5, 0.6) is 0 Å². The number of carbonyl (C=O) groups is 1. The maximum Gasteiger partial charge on any atom is 0.320 e. The quantitative estimate of drug-likeness (QED) is 0.804. The number of benzene rings is 1. The first kappa shape index (κ1) is 13.8. The first-order chi connectivity index (χ1) is 9.16. The third-order valence-corrected chi connectivity index (χ3v) is 3.51. The summed E-state index contributed by atoms with van der Waals surface area (Å²) in [4.78, 5) is 15.9. The molecule has 1 saturated heterocycles. The molecule has 0 aromatic heterocycles. The van der Waals surface area contributed by atoms with Gasteiger partial charge in [0.05, 0.1) is 0 Å². The summed E-state index contributed by atoms with van der Waals surface area (Å²) >= 11 is 0. The van der Waals surface area contributed by atoms with Crippen LogP contribution in [0.25, 0.3) is 0 Å². The summed E-state index contributed by atoms with van der Waals surface area (Å²) in [6.45, 7) is 2.13. The van der Waals surface area contributed by atoms with E-state index in [0.29, 0.717) is 6.54 Å². The van der Waals surface area contributed by atoms with Gasteiger partial charge >= 0.3 is 6.03 Å². The van der Waals surface area contributed by atoms with E-state index in [0.717, 1.165) is 31.5 Å². The van der Waals surface area contributed by atoms with Crippen molar-refractivity contribution in [2.45, 2.75) is 32.2 Å². The number of hydrogen-bond donors (Lipinski definition) is 0. The second kappa shape index (κ2) is 6.55. The van der Waals surface area contributed by atoms with Gasteiger partial charge in [0.25, 0.3) is 0 Å². The molecule has 19 heavy (non-hydrogen) atoms. The standard InChI is InChI=1S/C15H21FN2O/c1-17(12-13-7-6-8-14(16)11-13)15(19)18-9-4-2-3-5-10-18/h6-8,11H,2-5,9-10,12H2,1H3. The average Bonchev–Trinajstić information content (AvgIpc) is 2.66. The Labute approximate surface area is 114 Å². The Morgan fingerprint density at radius 3 is 2.58 bits per heavy atom. The zero-order chi connectivity index (χ0) is 13.7. The van der Waals surface area contributed by atoms with Crippen LogP contribution in [0, 0.1) is 5.82 Å². The Morgan fingerprint density at radius 2 is 1.95 bits per heavy atom. The van der Waals surface area contributed by atoms with E-state index in [4.69, 9.17) is 0 Å². The van der Waals surface area contributed by atoms with Crippen molar-refractivity contribution in [3.05, 3.63) is 35.6 Å². The predicted octanol–water partition coefficient (Wildman–Crippen LogP) is 3.25. The van der Waals surface area contributed by atoms with Crippen molar-refractivity contribution in [2.75, 3.05) is 20.1 Å². The van der Waals surface area contributed by atoms with Crippen LogP contribution in [0.2, 0.25) is 0 Å². The van der Waals surface area contributed by atoms with E-state index < -0.39 is 0 Å². The smallest absolute Gasteiger partial charge is 0.320 e. The first-order valence-corrected chi connectivity index (χ1v) is 6.91. The second-order valence-electron chi connectivity index (χ2n) is 5.17. The molecule has 0 unspecified atom stereocenters. The lowest BCUT2D eigenvalue weighted by atomic mass is 10.2. The van der Waals surface area contributed by atoms with Gasteiger partial charge < -0.3 is 9.80 Å². The van der Waals surface area contributed by atoms with Crippen molar-refractivity contribution in [1.82, 2.24) is 9.80 Å². The van der Waals surface area contributed by atoms with Crippen molar-refractivity contribution in [3.8, 4) is 0 Å². The Morgan fingerprint density at radius 1 is 1.26 bits per heavy atom. The Bertz CT molecular complexity index is 428. The van der Waals surface area contributed by atoms with Crippen LogP contribution in [0.4, 0.5) is 9.18 Å². The van der Waals surface area contributed by atoms with Crippen molar-refractivity contribution in [1.29, 1.82) is 0 Å². The number of urea groups is 1. The van der Waals surface area contributed by atoms with Gasteiger partial charge in [-0.15, -0.1) is 0 Å². The number of rotatable bonds is 2. The average molecular weight is 264 g/mol. The number of amides is 2. The van der Waals surface area contributed by atoms with Gasteiger partial charge in [-0.05, 0) is 30.5 Å². The lowest BCUT2D eigenvalue weighted by molar-refractivity contribution is 0.162. The van der Waals surface area contributed by atoms with E-state index in [9.17, 15) is 9.18 Å². The molecule has 0 spiro atoms. The zero-order valence-electron chi connectivity index (χ0n) is 11.4. The minimum Gasteiger partial charge on any atom is -0.325 e. The second-order valence-corrected chi connectivity index (χ2v) is 5.17. The molecule has 104 valence electrons. The summed E-state index contributed by atoms with van der Waals surface area (Å²) < 4.78 is 13.1. The highest BCUT2D eigenvalue weighted by molar-refractivity contribution is 5.74. The molecule has 1 aliphatic heterocycles. The molecule has 3 nitrogen and oxygen atoms in total. The van der Waals surface area contributed by atoms with Gasteiger partial charge in [0.15, 0.2) is 0 Å². The van der Waals surface area contributed by atoms with Gasteiger partial charge in [-0.1, -0.05) is 25.0 Å². The molecule has 1 heterocycles. The van der Waals surface area contributed by atoms with E-state index in [1.807, 2.05) is 11.0 Å². The van der Waals surface area contributed by atoms with E-state index in [2.05, 4.69) is 0 Å². The van der Waals surface area contributed by atoms with Crippen LogP contribution in [-0.2, 0) is 6.54 Å². The SMILES string of the molecule is CN(Cc1cccc(F)c1)C(=O)N1CCCCCC1. The van der Waals surface area contributed by atoms with Crippen LogP contribution in [0.15, 0.2) is 24.3 Å². The Kier molecular flexibility index (Phi) is 4.77. The highest BCUT2D eigenvalue weighted by Gasteiger charge is 2.19. The molecular formula is C15H21FN2O. The number of hydrogen-bond acceptors (Lipinski definition) is 1. The third-order valence-electron chi connectivity index (χ3n) is 3.51. The van der Waals surface area contributed by atoms with Gasteiger partial charge in [0, 0.05) is 26.7 Å². The molecule has 1 aromatic carbocycles. The van der Waals surface area contributed by atoms with E-state index in [1.54, 1.807) is 18.0 Å². The van der Waals surface area contributed by atoms with Gasteiger partial charge in [-0.3, -0.25) is 0 Å². The lowest BCUT2D eigenvalue weighted by Gasteiger charge is -2.27. The molecule has 4 heteroatoms. The van der Waals surface area contributed by atoms with Crippen LogP contribution >= 0.6 is 0 Å². The van der Waals surface area contributed by atoms with Gasteiger partial charge in [0.2, 0.25) is 0 Å². The maximum atomic E-state index is 13.1. The normalized spacial score (nSPS) is 16.0. The fourth-order valence-corrected chi connectivity index (χ4v) is 2.48. The monoisotopic (exact) mass is 264 g/mol. The molecule has 0 atom stereocenters. The topological polar surface area (TPSA) is 23.6 Å². The summed E-state index contributed by atoms with van der Waals surface area (Å²) in [7, 11) is 1.78. The lowest BCUT2D eigenvalue weighted by Crippen LogP contribution is -2.41. The van der Waals surface area contributed by atoms with E-state index in [-0.39, 0.29) is 11.8 Å². The molecule has 0 aliphatic carbocycles. The fourth-order valence-electron chi connectivity index (χ4n) is 2.48. The Balaban J connectivity index is 1.94. The summed E-state index contributed by atoms with van der Waals surface area (Å²) in [5, 5.41) is 0. The minimum absolute atomic E-state index is 0.0474. The van der Waals surface area contributed by atoms with Crippen molar-refractivity contribution < 1.29 is 9.18 Å². The molecule has 1 aromatic rings. The molecule has 2 amide bonds. The number of likely N-dealkylation sites (tertiary alicyclic amines) is 1. The molecule has 2 rings (SSSR count). The third kappa shape index (κ3) is 3.94. The summed E-state index contributed by atoms with van der Waals surface area (Å²) in [6.07, 6.45) is 4.58. The van der Waals surface area contributed by atoms with Crippen molar-refractivity contribution in [3.63, 3.8) is 0 Å². The minimum atomic E-state index is -0.256. The number of nitrogens with zero attached hydrogens (tertiary/aromatic N) is 2. The molecule has 0 bridgehead atoms. The van der Waals surface area contributed by atoms with Crippen LogP contribution in [0.3, 0.4) is 0 Å². The van der Waals surface area contributed by atoms with Crippen LogP contribution in [-0.4, -0.2) is 36.0 Å².